The Balaban J connectivity index is 2.71. The summed E-state index contributed by atoms with van der Waals surface area (Å²) in [7, 11) is 0. The van der Waals surface area contributed by atoms with Gasteiger partial charge < -0.3 is 5.32 Å². The van der Waals surface area contributed by atoms with E-state index in [9.17, 15) is 9.18 Å². The van der Waals surface area contributed by atoms with Crippen molar-refractivity contribution in [2.45, 2.75) is 27.3 Å². The Morgan fingerprint density at radius 3 is 2.47 bits per heavy atom. The van der Waals surface area contributed by atoms with Gasteiger partial charge in [-0.15, -0.1) is 0 Å². The third-order valence-electron chi connectivity index (χ3n) is 2.55. The zero-order valence-electron chi connectivity index (χ0n) is 10.2. The fraction of sp³-hybridized carbons (Fsp3) is 0.385. The van der Waals surface area contributed by atoms with Crippen molar-refractivity contribution in [2.75, 3.05) is 0 Å². The predicted octanol–water partition coefficient (Wildman–Crippen LogP) is 2.22. The first-order valence-electron chi connectivity index (χ1n) is 5.38. The van der Waals surface area contributed by atoms with Crippen molar-refractivity contribution in [3.05, 3.63) is 34.6 Å². The molecule has 0 bridgehead atoms. The molecular formula is C13H15FN2O. The summed E-state index contributed by atoms with van der Waals surface area (Å²) >= 11 is 0. The predicted molar refractivity (Wildman–Crippen MR) is 62.5 cm³/mol. The van der Waals surface area contributed by atoms with Crippen molar-refractivity contribution < 1.29 is 9.18 Å². The molecule has 3 nitrogen and oxygen atoms in total. The molecule has 0 aromatic heterocycles. The molecule has 1 unspecified atom stereocenters. The monoisotopic (exact) mass is 234 g/mol. The lowest BCUT2D eigenvalue weighted by Crippen LogP contribution is -2.27. The molecule has 0 saturated carbocycles. The molecular weight excluding hydrogens is 219 g/mol. The van der Waals surface area contributed by atoms with Crippen molar-refractivity contribution in [2.24, 2.45) is 5.92 Å². The van der Waals surface area contributed by atoms with Crippen LogP contribution in [0.1, 0.15) is 23.6 Å². The molecule has 0 spiro atoms. The highest BCUT2D eigenvalue weighted by atomic mass is 19.1. The highest BCUT2D eigenvalue weighted by molar-refractivity contribution is 5.80. The Hall–Kier alpha value is -1.89. The van der Waals surface area contributed by atoms with Gasteiger partial charge in [0.15, 0.2) is 0 Å². The highest BCUT2D eigenvalue weighted by Gasteiger charge is 2.11. The number of nitrogens with zero attached hydrogens (tertiary/aromatic N) is 1. The SMILES string of the molecule is Cc1cc(CNC(=O)C(C)C#N)cc(C)c1F. The van der Waals surface area contributed by atoms with Crippen molar-refractivity contribution in [3.63, 3.8) is 0 Å². The van der Waals surface area contributed by atoms with E-state index in [1.165, 1.54) is 6.92 Å². The summed E-state index contributed by atoms with van der Waals surface area (Å²) in [5, 5.41) is 11.2. The maximum absolute atomic E-state index is 13.4. The van der Waals surface area contributed by atoms with E-state index in [0.717, 1.165) is 5.56 Å². The zero-order valence-corrected chi connectivity index (χ0v) is 10.2. The number of amides is 1. The molecule has 1 amide bonds. The van der Waals surface area contributed by atoms with E-state index in [1.807, 2.05) is 6.07 Å². The topological polar surface area (TPSA) is 52.9 Å². The van der Waals surface area contributed by atoms with Crippen LogP contribution < -0.4 is 5.32 Å². The Labute approximate surface area is 100 Å². The number of halogens is 1. The van der Waals surface area contributed by atoms with Gasteiger partial charge in [0, 0.05) is 6.54 Å². The number of rotatable bonds is 3. The summed E-state index contributed by atoms with van der Waals surface area (Å²) < 4.78 is 13.4. The van der Waals surface area contributed by atoms with Crippen molar-refractivity contribution in [1.29, 1.82) is 5.26 Å². The number of nitriles is 1. The number of hydrogen-bond acceptors (Lipinski definition) is 2. The first kappa shape index (κ1) is 13.2. The number of benzene rings is 1. The average molecular weight is 234 g/mol. The lowest BCUT2D eigenvalue weighted by molar-refractivity contribution is -0.123. The summed E-state index contributed by atoms with van der Waals surface area (Å²) in [5.74, 6) is -1.20. The van der Waals surface area contributed by atoms with Crippen LogP contribution in [-0.4, -0.2) is 5.91 Å². The number of carbonyl (C=O) groups is 1. The molecule has 90 valence electrons. The van der Waals surface area contributed by atoms with Gasteiger partial charge in [-0.1, -0.05) is 12.1 Å². The molecule has 0 heterocycles. The summed E-state index contributed by atoms with van der Waals surface area (Å²) in [6.07, 6.45) is 0. The van der Waals surface area contributed by atoms with Crippen LogP contribution in [0, 0.1) is 36.9 Å². The van der Waals surface area contributed by atoms with Crippen LogP contribution >= 0.6 is 0 Å². The van der Waals surface area contributed by atoms with E-state index < -0.39 is 5.92 Å². The Morgan fingerprint density at radius 1 is 1.47 bits per heavy atom. The normalized spacial score (nSPS) is 11.7. The summed E-state index contributed by atoms with van der Waals surface area (Å²) in [6.45, 7) is 5.22. The van der Waals surface area contributed by atoms with E-state index in [0.29, 0.717) is 17.7 Å². The Kier molecular flexibility index (Phi) is 4.22. The summed E-state index contributed by atoms with van der Waals surface area (Å²) in [5.41, 5.74) is 1.95. The molecule has 4 heteroatoms. The Bertz CT molecular complexity index is 454. The van der Waals surface area contributed by atoms with Gasteiger partial charge in [-0.05, 0) is 37.5 Å². The van der Waals surface area contributed by atoms with Gasteiger partial charge >= 0.3 is 0 Å². The molecule has 1 N–H and O–H groups in total. The van der Waals surface area contributed by atoms with E-state index in [1.54, 1.807) is 26.0 Å². The number of carbonyl (C=O) groups excluding carboxylic acids is 1. The van der Waals surface area contributed by atoms with Gasteiger partial charge in [-0.2, -0.15) is 5.26 Å². The van der Waals surface area contributed by atoms with Crippen LogP contribution in [0.25, 0.3) is 0 Å². The maximum atomic E-state index is 13.4. The van der Waals surface area contributed by atoms with Gasteiger partial charge in [0.1, 0.15) is 11.7 Å². The zero-order chi connectivity index (χ0) is 13.0. The van der Waals surface area contributed by atoms with Gasteiger partial charge in [-0.25, -0.2) is 4.39 Å². The van der Waals surface area contributed by atoms with E-state index in [4.69, 9.17) is 5.26 Å². The average Bonchev–Trinajstić information content (AvgIpc) is 2.31. The van der Waals surface area contributed by atoms with Gasteiger partial charge in [0.05, 0.1) is 6.07 Å². The molecule has 1 rings (SSSR count). The molecule has 0 aliphatic carbocycles. The minimum absolute atomic E-state index is 0.217. The minimum Gasteiger partial charge on any atom is -0.351 e. The molecule has 1 aromatic carbocycles. The first-order chi connectivity index (χ1) is 7.95. The fourth-order valence-electron chi connectivity index (χ4n) is 1.54. The molecule has 1 atom stereocenters. The lowest BCUT2D eigenvalue weighted by Gasteiger charge is -2.09. The first-order valence-corrected chi connectivity index (χ1v) is 5.38. The van der Waals surface area contributed by atoms with Gasteiger partial charge in [-0.3, -0.25) is 4.79 Å². The minimum atomic E-state index is -0.669. The van der Waals surface area contributed by atoms with E-state index in [-0.39, 0.29) is 11.7 Å². The van der Waals surface area contributed by atoms with E-state index >= 15 is 0 Å². The Morgan fingerprint density at radius 2 is 2.00 bits per heavy atom. The van der Waals surface area contributed by atoms with Crippen LogP contribution in [-0.2, 0) is 11.3 Å². The largest absolute Gasteiger partial charge is 0.351 e. The summed E-state index contributed by atoms with van der Waals surface area (Å²) in [6, 6.07) is 5.25. The van der Waals surface area contributed by atoms with Crippen LogP contribution in [0.3, 0.4) is 0 Å². The van der Waals surface area contributed by atoms with Crippen molar-refractivity contribution in [1.82, 2.24) is 5.32 Å². The van der Waals surface area contributed by atoms with Gasteiger partial charge in [0.2, 0.25) is 5.91 Å². The molecule has 17 heavy (non-hydrogen) atoms. The third-order valence-corrected chi connectivity index (χ3v) is 2.55. The number of aryl methyl sites for hydroxylation is 2. The maximum Gasteiger partial charge on any atom is 0.237 e. The molecule has 0 aliphatic rings. The highest BCUT2D eigenvalue weighted by Crippen LogP contribution is 2.14. The standard InChI is InChI=1S/C13H15FN2O/c1-8-4-11(5-9(2)12(8)14)7-16-13(17)10(3)6-15/h4-5,10H,7H2,1-3H3,(H,16,17). The molecule has 0 fully saturated rings. The third kappa shape index (κ3) is 3.28. The molecule has 0 saturated heterocycles. The van der Waals surface area contributed by atoms with Crippen molar-refractivity contribution in [3.8, 4) is 6.07 Å². The molecule has 1 aromatic rings. The fourth-order valence-corrected chi connectivity index (χ4v) is 1.54. The quantitative estimate of drug-likeness (QED) is 0.871. The van der Waals surface area contributed by atoms with Gasteiger partial charge in [0.25, 0.3) is 0 Å². The van der Waals surface area contributed by atoms with Crippen LogP contribution in [0.15, 0.2) is 12.1 Å². The number of hydrogen-bond donors (Lipinski definition) is 1. The van der Waals surface area contributed by atoms with Crippen LogP contribution in [0.5, 0.6) is 0 Å². The van der Waals surface area contributed by atoms with Crippen LogP contribution in [0.4, 0.5) is 4.39 Å². The van der Waals surface area contributed by atoms with E-state index in [2.05, 4.69) is 5.32 Å². The second-order valence-electron chi connectivity index (χ2n) is 4.11. The smallest absolute Gasteiger partial charge is 0.237 e. The second-order valence-corrected chi connectivity index (χ2v) is 4.11. The number of nitrogens with one attached hydrogen (secondary N) is 1. The lowest BCUT2D eigenvalue weighted by atomic mass is 10.1. The second kappa shape index (κ2) is 5.44. The molecule has 0 aliphatic heterocycles. The van der Waals surface area contributed by atoms with Crippen LogP contribution in [0.2, 0.25) is 0 Å². The summed E-state index contributed by atoms with van der Waals surface area (Å²) in [4.78, 5) is 11.4. The van der Waals surface area contributed by atoms with Crippen molar-refractivity contribution >= 4 is 5.91 Å². The molecule has 0 radical (unpaired) electrons.